The van der Waals surface area contributed by atoms with Gasteiger partial charge in [-0.25, -0.2) is 0 Å². The molecule has 70 valence electrons. The molecule has 0 aliphatic rings. The van der Waals surface area contributed by atoms with Crippen LogP contribution in [0.3, 0.4) is 0 Å². The highest BCUT2D eigenvalue weighted by Gasteiger charge is 1.97. The van der Waals surface area contributed by atoms with Crippen LogP contribution in [0.1, 0.15) is 26.2 Å². The van der Waals surface area contributed by atoms with Gasteiger partial charge < -0.3 is 10.2 Å². The lowest BCUT2D eigenvalue weighted by Crippen LogP contribution is -1.99. The van der Waals surface area contributed by atoms with Gasteiger partial charge in [0.25, 0.3) is 0 Å². The number of hydrogen-bond donors (Lipinski definition) is 2. The highest BCUT2D eigenvalue weighted by atomic mass is 16.3. The Hall–Kier alpha value is -0.600. The quantitative estimate of drug-likeness (QED) is 0.595. The van der Waals surface area contributed by atoms with Gasteiger partial charge in [-0.1, -0.05) is 24.3 Å². The number of aliphatic hydroxyl groups excluding tert-OH is 2. The SMILES string of the molecule is C=C(C/C=C/CCO)CC(C)O. The Morgan fingerprint density at radius 3 is 2.67 bits per heavy atom. The minimum Gasteiger partial charge on any atom is -0.396 e. The van der Waals surface area contributed by atoms with Crippen LogP contribution in [0, 0.1) is 0 Å². The number of rotatable bonds is 6. The second-order valence-corrected chi connectivity index (χ2v) is 2.99. The van der Waals surface area contributed by atoms with E-state index in [0.717, 1.165) is 12.0 Å². The Balaban J connectivity index is 3.43. The smallest absolute Gasteiger partial charge is 0.0549 e. The van der Waals surface area contributed by atoms with Crippen molar-refractivity contribution in [3.63, 3.8) is 0 Å². The molecule has 2 N–H and O–H groups in total. The molecule has 0 aromatic rings. The van der Waals surface area contributed by atoms with Crippen molar-refractivity contribution in [2.45, 2.75) is 32.3 Å². The monoisotopic (exact) mass is 170 g/mol. The number of aliphatic hydroxyl groups is 2. The van der Waals surface area contributed by atoms with Gasteiger partial charge in [-0.3, -0.25) is 0 Å². The van der Waals surface area contributed by atoms with E-state index in [-0.39, 0.29) is 12.7 Å². The lowest BCUT2D eigenvalue weighted by atomic mass is 10.1. The third-order valence-corrected chi connectivity index (χ3v) is 1.45. The maximum absolute atomic E-state index is 9.00. The summed E-state index contributed by atoms with van der Waals surface area (Å²) in [5.41, 5.74) is 1.03. The van der Waals surface area contributed by atoms with Gasteiger partial charge in [0.05, 0.1) is 6.10 Å². The first-order valence-electron chi connectivity index (χ1n) is 4.27. The van der Waals surface area contributed by atoms with Crippen molar-refractivity contribution in [2.75, 3.05) is 6.61 Å². The standard InChI is InChI=1S/C10H18O2/c1-9(8-10(2)12)6-4-3-5-7-11/h3-4,10-12H,1,5-8H2,2H3/b4-3+. The summed E-state index contributed by atoms with van der Waals surface area (Å²) in [6.45, 7) is 5.77. The van der Waals surface area contributed by atoms with E-state index in [2.05, 4.69) is 6.58 Å². The second kappa shape index (κ2) is 7.07. The topological polar surface area (TPSA) is 40.5 Å². The maximum Gasteiger partial charge on any atom is 0.0549 e. The molecular weight excluding hydrogens is 152 g/mol. The highest BCUT2D eigenvalue weighted by molar-refractivity contribution is 5.03. The molecule has 12 heavy (non-hydrogen) atoms. The predicted octanol–water partition coefficient (Wildman–Crippen LogP) is 1.64. The average molecular weight is 170 g/mol. The molecule has 0 saturated carbocycles. The molecule has 0 fully saturated rings. The fraction of sp³-hybridized carbons (Fsp3) is 0.600. The number of hydrogen-bond acceptors (Lipinski definition) is 2. The van der Waals surface area contributed by atoms with Gasteiger partial charge >= 0.3 is 0 Å². The summed E-state index contributed by atoms with van der Waals surface area (Å²) in [4.78, 5) is 0. The van der Waals surface area contributed by atoms with Gasteiger partial charge in [0.1, 0.15) is 0 Å². The van der Waals surface area contributed by atoms with E-state index in [9.17, 15) is 0 Å². The zero-order valence-corrected chi connectivity index (χ0v) is 7.66. The van der Waals surface area contributed by atoms with Crippen LogP contribution in [-0.2, 0) is 0 Å². The third kappa shape index (κ3) is 7.51. The van der Waals surface area contributed by atoms with Crippen molar-refractivity contribution in [1.82, 2.24) is 0 Å². The molecule has 0 rings (SSSR count). The van der Waals surface area contributed by atoms with E-state index >= 15 is 0 Å². The normalized spacial score (nSPS) is 13.6. The van der Waals surface area contributed by atoms with Gasteiger partial charge in [-0.05, 0) is 26.2 Å². The molecule has 1 unspecified atom stereocenters. The molecular formula is C10H18O2. The van der Waals surface area contributed by atoms with Gasteiger partial charge in [0.2, 0.25) is 0 Å². The lowest BCUT2D eigenvalue weighted by molar-refractivity contribution is 0.195. The van der Waals surface area contributed by atoms with E-state index in [1.54, 1.807) is 6.92 Å². The fourth-order valence-corrected chi connectivity index (χ4v) is 0.943. The largest absolute Gasteiger partial charge is 0.396 e. The highest BCUT2D eigenvalue weighted by Crippen LogP contribution is 2.07. The van der Waals surface area contributed by atoms with Crippen LogP contribution in [0.2, 0.25) is 0 Å². The summed E-state index contributed by atoms with van der Waals surface area (Å²) in [6.07, 6.45) is 5.74. The molecule has 0 heterocycles. The predicted molar refractivity (Wildman–Crippen MR) is 50.9 cm³/mol. The van der Waals surface area contributed by atoms with Crippen LogP contribution in [-0.4, -0.2) is 22.9 Å². The van der Waals surface area contributed by atoms with Crippen molar-refractivity contribution < 1.29 is 10.2 Å². The van der Waals surface area contributed by atoms with E-state index in [1.165, 1.54) is 0 Å². The zero-order chi connectivity index (χ0) is 9.40. The molecule has 2 heteroatoms. The summed E-state index contributed by atoms with van der Waals surface area (Å²) in [5.74, 6) is 0. The Bertz CT molecular complexity index is 148. The molecule has 0 radical (unpaired) electrons. The first kappa shape index (κ1) is 11.4. The zero-order valence-electron chi connectivity index (χ0n) is 7.66. The summed E-state index contributed by atoms with van der Waals surface area (Å²) >= 11 is 0. The van der Waals surface area contributed by atoms with Gasteiger partial charge in [-0.2, -0.15) is 0 Å². The van der Waals surface area contributed by atoms with Crippen LogP contribution in [0.25, 0.3) is 0 Å². The molecule has 1 atom stereocenters. The fourth-order valence-electron chi connectivity index (χ4n) is 0.943. The third-order valence-electron chi connectivity index (χ3n) is 1.45. The summed E-state index contributed by atoms with van der Waals surface area (Å²) < 4.78 is 0. The Labute approximate surface area is 74.2 Å². The van der Waals surface area contributed by atoms with Crippen LogP contribution >= 0.6 is 0 Å². The maximum atomic E-state index is 9.00. The minimum atomic E-state index is -0.302. The van der Waals surface area contributed by atoms with Crippen molar-refractivity contribution >= 4 is 0 Å². The first-order chi connectivity index (χ1) is 5.66. The molecule has 0 aromatic carbocycles. The molecule has 0 spiro atoms. The molecule has 0 bridgehead atoms. The average Bonchev–Trinajstić information content (AvgIpc) is 1.97. The summed E-state index contributed by atoms with van der Waals surface area (Å²) in [7, 11) is 0. The van der Waals surface area contributed by atoms with Crippen LogP contribution in [0.15, 0.2) is 24.3 Å². The van der Waals surface area contributed by atoms with Gasteiger partial charge in [0, 0.05) is 6.61 Å². The molecule has 0 aromatic heterocycles. The molecule has 2 nitrogen and oxygen atoms in total. The Morgan fingerprint density at radius 2 is 2.17 bits per heavy atom. The van der Waals surface area contributed by atoms with Crippen molar-refractivity contribution in [3.05, 3.63) is 24.3 Å². The summed E-state index contributed by atoms with van der Waals surface area (Å²) in [6, 6.07) is 0. The van der Waals surface area contributed by atoms with Crippen molar-refractivity contribution in [1.29, 1.82) is 0 Å². The molecule has 0 aliphatic heterocycles. The molecule has 0 aliphatic carbocycles. The number of allylic oxidation sites excluding steroid dienone is 1. The van der Waals surface area contributed by atoms with Gasteiger partial charge in [-0.15, -0.1) is 0 Å². The molecule has 0 amide bonds. The molecule has 0 saturated heterocycles. The Morgan fingerprint density at radius 1 is 1.50 bits per heavy atom. The van der Waals surface area contributed by atoms with Crippen LogP contribution in [0.4, 0.5) is 0 Å². The van der Waals surface area contributed by atoms with Crippen LogP contribution < -0.4 is 0 Å². The van der Waals surface area contributed by atoms with Crippen LogP contribution in [0.5, 0.6) is 0 Å². The van der Waals surface area contributed by atoms with E-state index in [0.29, 0.717) is 12.8 Å². The second-order valence-electron chi connectivity index (χ2n) is 2.99. The van der Waals surface area contributed by atoms with Crippen molar-refractivity contribution in [2.24, 2.45) is 0 Å². The van der Waals surface area contributed by atoms with E-state index in [1.807, 2.05) is 12.2 Å². The van der Waals surface area contributed by atoms with Crippen molar-refractivity contribution in [3.8, 4) is 0 Å². The van der Waals surface area contributed by atoms with Gasteiger partial charge in [0.15, 0.2) is 0 Å². The lowest BCUT2D eigenvalue weighted by Gasteiger charge is -2.04. The van der Waals surface area contributed by atoms with E-state index in [4.69, 9.17) is 10.2 Å². The van der Waals surface area contributed by atoms with E-state index < -0.39 is 0 Å². The first-order valence-corrected chi connectivity index (χ1v) is 4.27. The summed E-state index contributed by atoms with van der Waals surface area (Å²) in [5, 5.41) is 17.5. The minimum absolute atomic E-state index is 0.194. The Kier molecular flexibility index (Phi) is 6.72.